The monoisotopic (exact) mass is 172 g/mol. The van der Waals surface area contributed by atoms with Gasteiger partial charge < -0.3 is 0 Å². The highest BCUT2D eigenvalue weighted by atomic mass is 14.4. The molecule has 1 aromatic carbocycles. The van der Waals surface area contributed by atoms with Crippen LogP contribution in [0.15, 0.2) is 24.3 Å². The van der Waals surface area contributed by atoms with Crippen molar-refractivity contribution < 1.29 is 0 Å². The van der Waals surface area contributed by atoms with Gasteiger partial charge in [-0.1, -0.05) is 31.2 Å². The van der Waals surface area contributed by atoms with Gasteiger partial charge in [0.2, 0.25) is 0 Å². The summed E-state index contributed by atoms with van der Waals surface area (Å²) in [5.41, 5.74) is 3.82. The van der Waals surface area contributed by atoms with Crippen LogP contribution in [0.5, 0.6) is 0 Å². The van der Waals surface area contributed by atoms with Crippen LogP contribution < -0.4 is 0 Å². The van der Waals surface area contributed by atoms with Gasteiger partial charge in [0.05, 0.1) is 0 Å². The Balaban J connectivity index is 2.24. The van der Waals surface area contributed by atoms with Crippen LogP contribution in [0.4, 0.5) is 0 Å². The molecule has 0 spiro atoms. The molecule has 2 bridgehead atoms. The molecule has 0 unspecified atom stereocenters. The van der Waals surface area contributed by atoms with Crippen molar-refractivity contribution in [2.24, 2.45) is 0 Å². The highest BCUT2D eigenvalue weighted by Gasteiger charge is 2.40. The first-order valence-corrected chi connectivity index (χ1v) is 5.39. The first kappa shape index (κ1) is 7.61. The molecule has 3 aliphatic carbocycles. The molecule has 0 atom stereocenters. The maximum atomic E-state index is 2.45. The molecule has 0 aromatic heterocycles. The minimum Gasteiger partial charge on any atom is -0.0620 e. The predicted octanol–water partition coefficient (Wildman–Crippen LogP) is 3.62. The number of fused-ring (bicyclic) bond motifs is 2. The Bertz CT molecular complexity index is 330. The SMILES string of the molecule is CC12CCC(CC1)c1ccccc12. The van der Waals surface area contributed by atoms with Crippen LogP contribution in [-0.2, 0) is 5.41 Å². The molecule has 68 valence electrons. The minimum atomic E-state index is 0.519. The van der Waals surface area contributed by atoms with Gasteiger partial charge in [0.15, 0.2) is 0 Å². The van der Waals surface area contributed by atoms with Crippen molar-refractivity contribution >= 4 is 0 Å². The molecule has 0 radical (unpaired) electrons. The summed E-state index contributed by atoms with van der Waals surface area (Å²) in [5.74, 6) is 0.887. The zero-order valence-corrected chi connectivity index (χ0v) is 8.22. The molecule has 0 aliphatic heterocycles. The van der Waals surface area contributed by atoms with Crippen LogP contribution in [0, 0.1) is 0 Å². The van der Waals surface area contributed by atoms with Crippen molar-refractivity contribution in [3.8, 4) is 0 Å². The zero-order valence-electron chi connectivity index (χ0n) is 8.22. The summed E-state index contributed by atoms with van der Waals surface area (Å²) < 4.78 is 0. The third kappa shape index (κ3) is 0.919. The summed E-state index contributed by atoms with van der Waals surface area (Å²) in [6.45, 7) is 2.45. The topological polar surface area (TPSA) is 0 Å². The summed E-state index contributed by atoms with van der Waals surface area (Å²) in [6, 6.07) is 9.09. The lowest BCUT2D eigenvalue weighted by Gasteiger charge is -2.46. The largest absolute Gasteiger partial charge is 0.0620 e. The van der Waals surface area contributed by atoms with Gasteiger partial charge in [0.1, 0.15) is 0 Å². The van der Waals surface area contributed by atoms with Crippen molar-refractivity contribution in [2.75, 3.05) is 0 Å². The molecule has 4 rings (SSSR count). The Labute approximate surface area is 80.0 Å². The van der Waals surface area contributed by atoms with Crippen molar-refractivity contribution in [2.45, 2.75) is 43.9 Å². The van der Waals surface area contributed by atoms with Crippen molar-refractivity contribution in [3.05, 3.63) is 35.4 Å². The Hall–Kier alpha value is -0.780. The fourth-order valence-electron chi connectivity index (χ4n) is 3.24. The van der Waals surface area contributed by atoms with Crippen molar-refractivity contribution in [1.82, 2.24) is 0 Å². The maximum Gasteiger partial charge on any atom is -0.00720 e. The Morgan fingerprint density at radius 3 is 2.54 bits per heavy atom. The maximum absolute atomic E-state index is 2.45. The van der Waals surface area contributed by atoms with E-state index in [1.54, 1.807) is 11.1 Å². The lowest BCUT2D eigenvalue weighted by molar-refractivity contribution is 0.258. The molecular weight excluding hydrogens is 156 g/mol. The quantitative estimate of drug-likeness (QED) is 0.560. The summed E-state index contributed by atoms with van der Waals surface area (Å²) in [4.78, 5) is 0. The molecule has 0 nitrogen and oxygen atoms in total. The number of hydrogen-bond acceptors (Lipinski definition) is 0. The lowest BCUT2D eigenvalue weighted by Crippen LogP contribution is -2.35. The van der Waals surface area contributed by atoms with Crippen LogP contribution >= 0.6 is 0 Å². The number of benzene rings is 1. The van der Waals surface area contributed by atoms with Crippen LogP contribution in [0.1, 0.15) is 49.7 Å². The van der Waals surface area contributed by atoms with E-state index in [4.69, 9.17) is 0 Å². The number of rotatable bonds is 0. The van der Waals surface area contributed by atoms with Gasteiger partial charge >= 0.3 is 0 Å². The minimum absolute atomic E-state index is 0.519. The van der Waals surface area contributed by atoms with E-state index in [0.717, 1.165) is 5.92 Å². The van der Waals surface area contributed by atoms with E-state index in [1.165, 1.54) is 25.7 Å². The van der Waals surface area contributed by atoms with E-state index in [-0.39, 0.29) is 0 Å². The second kappa shape index (κ2) is 2.37. The van der Waals surface area contributed by atoms with Crippen LogP contribution in [0.25, 0.3) is 0 Å². The summed E-state index contributed by atoms with van der Waals surface area (Å²) >= 11 is 0. The highest BCUT2D eigenvalue weighted by Crippen LogP contribution is 2.52. The normalized spacial score (nSPS) is 35.9. The van der Waals surface area contributed by atoms with E-state index in [2.05, 4.69) is 31.2 Å². The van der Waals surface area contributed by atoms with Crippen molar-refractivity contribution in [3.63, 3.8) is 0 Å². The average Bonchev–Trinajstić information content (AvgIpc) is 2.19. The first-order valence-electron chi connectivity index (χ1n) is 5.39. The predicted molar refractivity (Wildman–Crippen MR) is 55.0 cm³/mol. The van der Waals surface area contributed by atoms with Gasteiger partial charge in [-0.05, 0) is 48.1 Å². The highest BCUT2D eigenvalue weighted by molar-refractivity contribution is 5.41. The molecule has 0 amide bonds. The fourth-order valence-corrected chi connectivity index (χ4v) is 3.24. The molecule has 0 heterocycles. The molecule has 1 aromatic rings. The molecule has 13 heavy (non-hydrogen) atoms. The molecule has 1 fully saturated rings. The summed E-state index contributed by atoms with van der Waals surface area (Å²) in [5, 5.41) is 0. The van der Waals surface area contributed by atoms with Gasteiger partial charge in [-0.25, -0.2) is 0 Å². The van der Waals surface area contributed by atoms with Crippen LogP contribution in [0.2, 0.25) is 0 Å². The zero-order chi connectivity index (χ0) is 8.89. The Morgan fingerprint density at radius 1 is 1.15 bits per heavy atom. The van der Waals surface area contributed by atoms with Crippen LogP contribution in [-0.4, -0.2) is 0 Å². The molecule has 3 aliphatic rings. The third-order valence-corrected chi connectivity index (χ3v) is 4.14. The van der Waals surface area contributed by atoms with E-state index < -0.39 is 0 Å². The van der Waals surface area contributed by atoms with Gasteiger partial charge in [0.25, 0.3) is 0 Å². The molecular formula is C13H16. The molecule has 1 saturated carbocycles. The fraction of sp³-hybridized carbons (Fsp3) is 0.538. The van der Waals surface area contributed by atoms with E-state index in [0.29, 0.717) is 5.41 Å². The second-order valence-corrected chi connectivity index (χ2v) is 4.92. The second-order valence-electron chi connectivity index (χ2n) is 4.92. The average molecular weight is 172 g/mol. The van der Waals surface area contributed by atoms with E-state index in [1.807, 2.05) is 0 Å². The van der Waals surface area contributed by atoms with Gasteiger partial charge in [-0.3, -0.25) is 0 Å². The van der Waals surface area contributed by atoms with E-state index in [9.17, 15) is 0 Å². The molecule has 0 N–H and O–H groups in total. The number of hydrogen-bond donors (Lipinski definition) is 0. The molecule has 0 saturated heterocycles. The molecule has 0 heteroatoms. The smallest absolute Gasteiger partial charge is 0.00720 e. The summed E-state index contributed by atoms with van der Waals surface area (Å²) in [7, 11) is 0. The van der Waals surface area contributed by atoms with E-state index >= 15 is 0 Å². The van der Waals surface area contributed by atoms with Gasteiger partial charge in [0, 0.05) is 0 Å². The Kier molecular flexibility index (Phi) is 1.39. The van der Waals surface area contributed by atoms with Crippen LogP contribution in [0.3, 0.4) is 0 Å². The Morgan fingerprint density at radius 2 is 1.85 bits per heavy atom. The van der Waals surface area contributed by atoms with Crippen molar-refractivity contribution in [1.29, 1.82) is 0 Å². The third-order valence-electron chi connectivity index (χ3n) is 4.14. The standard InChI is InChI=1S/C13H16/c1-13-8-6-10(7-9-13)11-4-2-3-5-12(11)13/h2-5,10H,6-9H2,1H3. The first-order chi connectivity index (χ1) is 6.30. The van der Waals surface area contributed by atoms with Gasteiger partial charge in [-0.2, -0.15) is 0 Å². The lowest BCUT2D eigenvalue weighted by atomic mass is 9.59. The van der Waals surface area contributed by atoms with Gasteiger partial charge in [-0.15, -0.1) is 0 Å². The summed E-state index contributed by atoms with van der Waals surface area (Å²) in [6.07, 6.45) is 5.67.